The number of aromatic nitrogens is 1. The van der Waals surface area contributed by atoms with E-state index in [9.17, 15) is 4.79 Å². The van der Waals surface area contributed by atoms with E-state index < -0.39 is 0 Å². The lowest BCUT2D eigenvalue weighted by Gasteiger charge is -1.96. The van der Waals surface area contributed by atoms with E-state index in [1.807, 2.05) is 30.3 Å². The van der Waals surface area contributed by atoms with Crippen molar-refractivity contribution in [2.24, 2.45) is 5.73 Å². The van der Waals surface area contributed by atoms with Crippen LogP contribution in [0.15, 0.2) is 48.7 Å². The third-order valence-electron chi connectivity index (χ3n) is 2.32. The van der Waals surface area contributed by atoms with Gasteiger partial charge in [-0.1, -0.05) is 29.8 Å². The fourth-order valence-corrected chi connectivity index (χ4v) is 1.60. The lowest BCUT2D eigenvalue weighted by molar-refractivity contribution is -0.345. The number of halogens is 1. The summed E-state index contributed by atoms with van der Waals surface area (Å²) in [6.45, 7) is 0. The van der Waals surface area contributed by atoms with Crippen LogP contribution in [-0.2, 0) is 0 Å². The van der Waals surface area contributed by atoms with Crippen LogP contribution < -0.4 is 10.7 Å². The molecule has 0 unspecified atom stereocenters. The molecule has 90 valence electrons. The van der Waals surface area contributed by atoms with Crippen molar-refractivity contribution in [2.45, 2.75) is 0 Å². The Kier molecular flexibility index (Phi) is 3.69. The molecule has 0 fully saturated rings. The number of benzene rings is 1. The molecule has 2 aromatic rings. The molecule has 2 rings (SSSR count). The van der Waals surface area contributed by atoms with Gasteiger partial charge < -0.3 is 0 Å². The number of amidine groups is 1. The minimum absolute atomic E-state index is 0.265. The van der Waals surface area contributed by atoms with Crippen molar-refractivity contribution in [1.29, 1.82) is 0 Å². The van der Waals surface area contributed by atoms with Crippen LogP contribution in [0.4, 0.5) is 0 Å². The second kappa shape index (κ2) is 5.42. The Labute approximate surface area is 109 Å². The summed E-state index contributed by atoms with van der Waals surface area (Å²) in [6.07, 6.45) is 1.47. The molecule has 1 aromatic heterocycles. The Bertz CT molecular complexity index is 596. The second-order valence-electron chi connectivity index (χ2n) is 3.60. The molecule has 0 saturated carbocycles. The molecule has 0 bridgehead atoms. The molecule has 1 amide bonds. The van der Waals surface area contributed by atoms with Crippen molar-refractivity contribution in [2.75, 3.05) is 0 Å². The van der Waals surface area contributed by atoms with Crippen LogP contribution in [0.25, 0.3) is 0 Å². The van der Waals surface area contributed by atoms with Crippen LogP contribution in [-0.4, -0.2) is 16.7 Å². The van der Waals surface area contributed by atoms with Crippen molar-refractivity contribution in [1.82, 2.24) is 4.98 Å². The Balaban J connectivity index is 2.26. The number of nitrogens with two attached hydrogens (primary N) is 1. The van der Waals surface area contributed by atoms with Gasteiger partial charge in [-0.3, -0.25) is 5.73 Å². The second-order valence-corrected chi connectivity index (χ2v) is 3.99. The van der Waals surface area contributed by atoms with Gasteiger partial charge in [-0.2, -0.15) is 0 Å². The number of carbonyl (C=O) groups excluding carboxylic acids is 1. The molecule has 0 atom stereocenters. The number of amides is 1. The van der Waals surface area contributed by atoms with Crippen LogP contribution in [0.3, 0.4) is 0 Å². The van der Waals surface area contributed by atoms with Crippen LogP contribution >= 0.6 is 11.6 Å². The highest BCUT2D eigenvalue weighted by Gasteiger charge is 2.11. The van der Waals surface area contributed by atoms with E-state index in [0.29, 0.717) is 11.4 Å². The van der Waals surface area contributed by atoms with Crippen molar-refractivity contribution in [3.05, 3.63) is 64.9 Å². The van der Waals surface area contributed by atoms with Gasteiger partial charge in [0.15, 0.2) is 0 Å². The van der Waals surface area contributed by atoms with Crippen LogP contribution in [0.1, 0.15) is 15.9 Å². The van der Waals surface area contributed by atoms with E-state index in [1.165, 1.54) is 12.3 Å². The summed E-state index contributed by atoms with van der Waals surface area (Å²) in [5.74, 6) is -0.0193. The number of rotatable bonds is 2. The number of hydrogen-bond donors (Lipinski definition) is 2. The third kappa shape index (κ3) is 2.93. The maximum atomic E-state index is 11.9. The first-order valence-corrected chi connectivity index (χ1v) is 5.65. The Hall–Kier alpha value is -2.20. The van der Waals surface area contributed by atoms with Crippen molar-refractivity contribution in [3.8, 4) is 0 Å². The highest BCUT2D eigenvalue weighted by Crippen LogP contribution is 2.05. The quantitative estimate of drug-likeness (QED) is 0.465. The average Bonchev–Trinajstić information content (AvgIpc) is 2.39. The number of nitrogen functional groups attached to an aromatic ring is 1. The molecule has 1 aromatic carbocycles. The van der Waals surface area contributed by atoms with Crippen LogP contribution in [0, 0.1) is 0 Å². The maximum absolute atomic E-state index is 11.9. The average molecular weight is 261 g/mol. The Morgan fingerprint density at radius 3 is 2.56 bits per heavy atom. The zero-order valence-electron chi connectivity index (χ0n) is 9.43. The highest BCUT2D eigenvalue weighted by atomic mass is 35.5. The molecule has 0 radical (unpaired) electrons. The van der Waals surface area contributed by atoms with Crippen molar-refractivity contribution in [3.63, 3.8) is 0 Å². The molecular weight excluding hydrogens is 250 g/mol. The number of pyridine rings is 1. The van der Waals surface area contributed by atoms with Crippen molar-refractivity contribution >= 4 is 23.3 Å². The standard InChI is InChI=1S/C13H10ClN3O/c14-11-8-10(6-7-16-11)13(18)17-12(15)9-4-2-1-3-5-9/h1-8H,(H2,15,17,18)/p+1. The van der Waals surface area contributed by atoms with E-state index in [4.69, 9.17) is 17.3 Å². The molecule has 0 aliphatic heterocycles. The molecule has 4 nitrogen and oxygen atoms in total. The highest BCUT2D eigenvalue weighted by molar-refractivity contribution is 6.29. The Morgan fingerprint density at radius 1 is 1.17 bits per heavy atom. The lowest BCUT2D eigenvalue weighted by atomic mass is 10.2. The smallest absolute Gasteiger partial charge is 0.286 e. The van der Waals surface area contributed by atoms with Gasteiger partial charge in [0.1, 0.15) is 5.15 Å². The normalized spacial score (nSPS) is 11.3. The van der Waals surface area contributed by atoms with Gasteiger partial charge >= 0.3 is 5.91 Å². The Morgan fingerprint density at radius 2 is 1.89 bits per heavy atom. The first kappa shape index (κ1) is 12.3. The summed E-state index contributed by atoms with van der Waals surface area (Å²) >= 11 is 5.71. The molecule has 18 heavy (non-hydrogen) atoms. The number of nitrogens with one attached hydrogen (secondary N) is 1. The third-order valence-corrected chi connectivity index (χ3v) is 2.53. The van der Waals surface area contributed by atoms with Crippen LogP contribution in [0.5, 0.6) is 0 Å². The number of carbonyl (C=O) groups is 1. The topological polar surface area (TPSA) is 70.0 Å². The first-order chi connectivity index (χ1) is 8.66. The SMILES string of the molecule is NC(=[NH+]C(=O)c1ccnc(Cl)c1)c1ccccc1. The van der Waals surface area contributed by atoms with Gasteiger partial charge in [0.25, 0.3) is 5.84 Å². The summed E-state index contributed by atoms with van der Waals surface area (Å²) in [5.41, 5.74) is 6.97. The van der Waals surface area contributed by atoms with E-state index in [2.05, 4.69) is 9.98 Å². The number of hydrogen-bond acceptors (Lipinski definition) is 2. The van der Waals surface area contributed by atoms with Gasteiger partial charge in [-0.25, -0.2) is 14.8 Å². The van der Waals surface area contributed by atoms with Gasteiger partial charge in [-0.05, 0) is 24.3 Å². The summed E-state index contributed by atoms with van der Waals surface area (Å²) in [4.78, 5) is 18.3. The summed E-state index contributed by atoms with van der Waals surface area (Å²) in [5, 5.41) is 0.265. The molecule has 5 heteroatoms. The molecular formula is C13H11ClN3O+. The first-order valence-electron chi connectivity index (χ1n) is 5.27. The van der Waals surface area contributed by atoms with E-state index in [1.54, 1.807) is 6.07 Å². The molecule has 0 aliphatic rings. The summed E-state index contributed by atoms with van der Waals surface area (Å²) in [7, 11) is 0. The van der Waals surface area contributed by atoms with Gasteiger partial charge in [-0.15, -0.1) is 0 Å². The zero-order valence-corrected chi connectivity index (χ0v) is 10.2. The van der Waals surface area contributed by atoms with E-state index >= 15 is 0 Å². The number of nitrogens with zero attached hydrogens (tertiary/aromatic N) is 1. The minimum atomic E-state index is -0.319. The van der Waals surface area contributed by atoms with Gasteiger partial charge in [0, 0.05) is 6.20 Å². The van der Waals surface area contributed by atoms with Crippen LogP contribution in [0.2, 0.25) is 5.15 Å². The monoisotopic (exact) mass is 260 g/mol. The molecule has 0 saturated heterocycles. The fourth-order valence-electron chi connectivity index (χ4n) is 1.43. The minimum Gasteiger partial charge on any atom is -0.286 e. The lowest BCUT2D eigenvalue weighted by Crippen LogP contribution is -2.79. The van der Waals surface area contributed by atoms with Gasteiger partial charge in [0.05, 0.1) is 11.1 Å². The molecule has 0 aliphatic carbocycles. The summed E-state index contributed by atoms with van der Waals surface area (Å²) < 4.78 is 0. The van der Waals surface area contributed by atoms with E-state index in [0.717, 1.165) is 5.56 Å². The fraction of sp³-hybridized carbons (Fsp3) is 0. The van der Waals surface area contributed by atoms with Gasteiger partial charge in [0.2, 0.25) is 0 Å². The zero-order chi connectivity index (χ0) is 13.0. The largest absolute Gasteiger partial charge is 0.339 e. The molecule has 1 heterocycles. The van der Waals surface area contributed by atoms with E-state index in [-0.39, 0.29) is 11.1 Å². The molecule has 0 spiro atoms. The maximum Gasteiger partial charge on any atom is 0.339 e. The summed E-state index contributed by atoms with van der Waals surface area (Å²) in [6, 6.07) is 12.2. The predicted octanol–water partition coefficient (Wildman–Crippen LogP) is 0.361. The predicted molar refractivity (Wildman–Crippen MR) is 69.3 cm³/mol. The van der Waals surface area contributed by atoms with Crippen molar-refractivity contribution < 1.29 is 9.79 Å². The molecule has 3 N–H and O–H groups in total.